The van der Waals surface area contributed by atoms with Gasteiger partial charge in [0.25, 0.3) is 10.0 Å². The van der Waals surface area contributed by atoms with Crippen LogP contribution < -0.4 is 28.6 Å². The van der Waals surface area contributed by atoms with Gasteiger partial charge in [0.15, 0.2) is 11.5 Å². The van der Waals surface area contributed by atoms with Crippen LogP contribution in [-0.4, -0.2) is 72.2 Å². The number of carbonyl (C=O) groups is 2. The van der Waals surface area contributed by atoms with Gasteiger partial charge in [0.05, 0.1) is 39.0 Å². The monoisotopic (exact) mass is 723 g/mol. The zero-order valence-electron chi connectivity index (χ0n) is 28.9. The Bertz CT molecular complexity index is 1870. The van der Waals surface area contributed by atoms with Gasteiger partial charge in [-0.25, -0.2) is 8.42 Å². The summed E-state index contributed by atoms with van der Waals surface area (Å²) in [7, 11) is 1.17. The highest BCUT2D eigenvalue weighted by Crippen LogP contribution is 2.38. The molecule has 0 aliphatic rings. The molecule has 0 saturated heterocycles. The summed E-state index contributed by atoms with van der Waals surface area (Å²) in [4.78, 5) is 29.9. The van der Waals surface area contributed by atoms with Crippen LogP contribution in [0.15, 0.2) is 95.9 Å². The molecule has 0 heterocycles. The normalized spacial score (nSPS) is 11.8. The number of ether oxygens (including phenoxy) is 4. The van der Waals surface area contributed by atoms with Crippen LogP contribution in [0.3, 0.4) is 0 Å². The third-order valence-corrected chi connectivity index (χ3v) is 9.85. The van der Waals surface area contributed by atoms with Crippen molar-refractivity contribution in [1.29, 1.82) is 0 Å². The van der Waals surface area contributed by atoms with Crippen molar-refractivity contribution in [3.63, 3.8) is 0 Å². The van der Waals surface area contributed by atoms with Gasteiger partial charge in [-0.2, -0.15) is 0 Å². The fourth-order valence-corrected chi connectivity index (χ4v) is 6.89. The number of sulfonamides is 1. The van der Waals surface area contributed by atoms with Crippen molar-refractivity contribution in [3.8, 4) is 23.0 Å². The predicted molar refractivity (Wildman–Crippen MR) is 193 cm³/mol. The Balaban J connectivity index is 1.90. The number of nitrogens with zero attached hydrogens (tertiary/aromatic N) is 2. The molecule has 4 aromatic carbocycles. The number of hydrogen-bond acceptors (Lipinski definition) is 8. The van der Waals surface area contributed by atoms with E-state index in [4.69, 9.17) is 30.5 Å². The quantitative estimate of drug-likeness (QED) is 0.156. The molecule has 1 atom stereocenters. The average molecular weight is 724 g/mol. The van der Waals surface area contributed by atoms with Gasteiger partial charge in [-0.05, 0) is 61.4 Å². The Kier molecular flexibility index (Phi) is 13.0. The summed E-state index contributed by atoms with van der Waals surface area (Å²) in [6.07, 6.45) is 0.170. The average Bonchev–Trinajstić information content (AvgIpc) is 3.12. The number of carbonyl (C=O) groups excluding carboxylic acids is 2. The second kappa shape index (κ2) is 17.1. The Labute approximate surface area is 298 Å². The number of amides is 2. The number of nitrogens with one attached hydrogen (secondary N) is 1. The first-order chi connectivity index (χ1) is 23.9. The Morgan fingerprint density at radius 1 is 0.760 bits per heavy atom. The summed E-state index contributed by atoms with van der Waals surface area (Å²) >= 11 is 6.17. The molecular weight excluding hydrogens is 682 g/mol. The van der Waals surface area contributed by atoms with Gasteiger partial charge in [-0.15, -0.1) is 0 Å². The molecular formula is C37H42ClN3O8S. The smallest absolute Gasteiger partial charge is 0.265 e. The molecule has 0 saturated carbocycles. The van der Waals surface area contributed by atoms with E-state index in [1.807, 2.05) is 44.2 Å². The third kappa shape index (κ3) is 9.19. The van der Waals surface area contributed by atoms with Crippen molar-refractivity contribution < 1.29 is 37.0 Å². The van der Waals surface area contributed by atoms with E-state index < -0.39 is 28.5 Å². The molecule has 4 aromatic rings. The summed E-state index contributed by atoms with van der Waals surface area (Å²) in [5.41, 5.74) is 1.55. The number of benzene rings is 4. The molecule has 13 heteroatoms. The third-order valence-electron chi connectivity index (χ3n) is 7.84. The van der Waals surface area contributed by atoms with E-state index in [0.717, 1.165) is 9.87 Å². The van der Waals surface area contributed by atoms with Crippen molar-refractivity contribution in [2.45, 2.75) is 43.8 Å². The fraction of sp³-hybridized carbons (Fsp3) is 0.297. The zero-order chi connectivity index (χ0) is 36.4. The molecule has 2 amide bonds. The van der Waals surface area contributed by atoms with Gasteiger partial charge < -0.3 is 29.2 Å². The van der Waals surface area contributed by atoms with Gasteiger partial charge in [0.2, 0.25) is 11.8 Å². The molecule has 11 nitrogen and oxygen atoms in total. The molecule has 0 spiro atoms. The zero-order valence-corrected chi connectivity index (χ0v) is 30.5. The lowest BCUT2D eigenvalue weighted by molar-refractivity contribution is -0.140. The molecule has 0 aliphatic heterocycles. The summed E-state index contributed by atoms with van der Waals surface area (Å²) in [6.45, 7) is 2.94. The molecule has 0 bridgehead atoms. The maximum absolute atomic E-state index is 14.8. The van der Waals surface area contributed by atoms with E-state index in [0.29, 0.717) is 22.1 Å². The fourth-order valence-electron chi connectivity index (χ4n) is 5.33. The number of anilines is 1. The second-order valence-corrected chi connectivity index (χ2v) is 13.9. The summed E-state index contributed by atoms with van der Waals surface area (Å²) in [5.74, 6) is -0.0346. The standard InChI is InChI=1S/C37H42ClN3O8S/c1-25(2)39-37(43)32(20-26-10-8-7-9-11-26)40(23-27-12-14-28(38)15-13-27)36(42)24-41(31-21-29(46-3)16-18-33(31)47-4)50(44,45)30-17-19-34(48-5)35(22-30)49-6/h7-19,21-22,25,32H,20,23-24H2,1-6H3,(H,39,43). The van der Waals surface area contributed by atoms with Crippen LogP contribution in [0.2, 0.25) is 5.02 Å². The number of rotatable bonds is 16. The van der Waals surface area contributed by atoms with Crippen molar-refractivity contribution in [2.75, 3.05) is 39.3 Å². The topological polar surface area (TPSA) is 124 Å². The SMILES string of the molecule is COc1ccc(OC)c(N(CC(=O)N(Cc2ccc(Cl)cc2)C(Cc2ccccc2)C(=O)NC(C)C)S(=O)(=O)c2ccc(OC)c(OC)c2)c1. The Hall–Kier alpha value is -4.94. The van der Waals surface area contributed by atoms with Gasteiger partial charge in [0, 0.05) is 36.2 Å². The minimum Gasteiger partial charge on any atom is -0.497 e. The summed E-state index contributed by atoms with van der Waals surface area (Å²) in [5, 5.41) is 3.45. The van der Waals surface area contributed by atoms with E-state index in [2.05, 4.69) is 5.32 Å². The van der Waals surface area contributed by atoms with E-state index in [1.165, 1.54) is 57.6 Å². The molecule has 4 rings (SSSR count). The number of hydrogen-bond donors (Lipinski definition) is 1. The van der Waals surface area contributed by atoms with Crippen LogP contribution in [-0.2, 0) is 32.6 Å². The van der Waals surface area contributed by atoms with Crippen molar-refractivity contribution in [2.24, 2.45) is 0 Å². The molecule has 0 aliphatic carbocycles. The van der Waals surface area contributed by atoms with E-state index >= 15 is 0 Å². The van der Waals surface area contributed by atoms with Crippen LogP contribution in [0.4, 0.5) is 5.69 Å². The second-order valence-electron chi connectivity index (χ2n) is 11.6. The molecule has 266 valence electrons. The molecule has 1 unspecified atom stereocenters. The van der Waals surface area contributed by atoms with E-state index in [1.54, 1.807) is 36.4 Å². The van der Waals surface area contributed by atoms with Gasteiger partial charge in [-0.1, -0.05) is 54.1 Å². The lowest BCUT2D eigenvalue weighted by atomic mass is 10.0. The Morgan fingerprint density at radius 2 is 1.40 bits per heavy atom. The van der Waals surface area contributed by atoms with E-state index in [-0.39, 0.29) is 47.0 Å². The van der Waals surface area contributed by atoms with E-state index in [9.17, 15) is 18.0 Å². The van der Waals surface area contributed by atoms with Gasteiger partial charge >= 0.3 is 0 Å². The largest absolute Gasteiger partial charge is 0.497 e. The van der Waals surface area contributed by atoms with Crippen LogP contribution in [0.5, 0.6) is 23.0 Å². The number of methoxy groups -OCH3 is 4. The first-order valence-electron chi connectivity index (χ1n) is 15.8. The highest BCUT2D eigenvalue weighted by atomic mass is 35.5. The first-order valence-corrected chi connectivity index (χ1v) is 17.6. The van der Waals surface area contributed by atoms with Gasteiger partial charge in [-0.3, -0.25) is 13.9 Å². The molecule has 0 fully saturated rings. The van der Waals surface area contributed by atoms with Crippen molar-refractivity contribution in [3.05, 3.63) is 107 Å². The first kappa shape index (κ1) is 37.9. The number of halogens is 1. The van der Waals surface area contributed by atoms with Crippen molar-refractivity contribution >= 4 is 39.1 Å². The molecule has 0 radical (unpaired) electrons. The van der Waals surface area contributed by atoms with Crippen LogP contribution in [0.1, 0.15) is 25.0 Å². The minimum atomic E-state index is -4.50. The van der Waals surface area contributed by atoms with Crippen LogP contribution in [0.25, 0.3) is 0 Å². The maximum atomic E-state index is 14.8. The highest BCUT2D eigenvalue weighted by Gasteiger charge is 2.36. The molecule has 1 N–H and O–H groups in total. The van der Waals surface area contributed by atoms with Crippen LogP contribution >= 0.6 is 11.6 Å². The maximum Gasteiger partial charge on any atom is 0.265 e. The van der Waals surface area contributed by atoms with Gasteiger partial charge in [0.1, 0.15) is 24.1 Å². The minimum absolute atomic E-state index is 0.0154. The molecule has 50 heavy (non-hydrogen) atoms. The van der Waals surface area contributed by atoms with Crippen LogP contribution in [0, 0.1) is 0 Å². The summed E-state index contributed by atoms with van der Waals surface area (Å²) in [6, 6.07) is 23.7. The molecule has 0 aromatic heterocycles. The Morgan fingerprint density at radius 3 is 2.00 bits per heavy atom. The summed E-state index contributed by atoms with van der Waals surface area (Å²) < 4.78 is 52.0. The predicted octanol–water partition coefficient (Wildman–Crippen LogP) is 5.73. The lowest BCUT2D eigenvalue weighted by Gasteiger charge is -2.34. The highest BCUT2D eigenvalue weighted by molar-refractivity contribution is 7.92. The van der Waals surface area contributed by atoms with Crippen molar-refractivity contribution in [1.82, 2.24) is 10.2 Å². The lowest BCUT2D eigenvalue weighted by Crippen LogP contribution is -2.54.